The molecule has 1 N–H and O–H groups in total. The third-order valence-electron chi connectivity index (χ3n) is 5.15. The van der Waals surface area contributed by atoms with E-state index < -0.39 is 4.92 Å². The summed E-state index contributed by atoms with van der Waals surface area (Å²) in [4.78, 5) is 13.0. The van der Waals surface area contributed by atoms with Gasteiger partial charge in [0.2, 0.25) is 0 Å². The maximum absolute atomic E-state index is 14.5. The summed E-state index contributed by atoms with van der Waals surface area (Å²) < 4.78 is 14.5. The van der Waals surface area contributed by atoms with E-state index in [0.29, 0.717) is 11.5 Å². The molecule has 1 aromatic carbocycles. The van der Waals surface area contributed by atoms with Crippen LogP contribution in [0.15, 0.2) is 18.2 Å². The molecular formula is C17H26Cl2FN3O2. The van der Waals surface area contributed by atoms with Crippen LogP contribution >= 0.6 is 24.8 Å². The molecule has 0 unspecified atom stereocenters. The molecular weight excluding hydrogens is 368 g/mol. The first-order valence-electron chi connectivity index (χ1n) is 8.55. The van der Waals surface area contributed by atoms with E-state index >= 15 is 0 Å². The normalized spacial score (nSPS) is 20.2. The van der Waals surface area contributed by atoms with E-state index in [1.807, 2.05) is 0 Å². The molecule has 25 heavy (non-hydrogen) atoms. The van der Waals surface area contributed by atoms with E-state index in [4.69, 9.17) is 0 Å². The SMILES string of the molecule is Cl.Cl.O=[N+]([O-])c1ccc(F)c([C@H](C2CCCCC2)N2CCNCC2)c1. The summed E-state index contributed by atoms with van der Waals surface area (Å²) in [6.07, 6.45) is 5.74. The Morgan fingerprint density at radius 2 is 1.80 bits per heavy atom. The number of rotatable bonds is 4. The molecule has 3 rings (SSSR count). The second kappa shape index (κ2) is 10.3. The van der Waals surface area contributed by atoms with Gasteiger partial charge in [0.1, 0.15) is 5.82 Å². The second-order valence-corrected chi connectivity index (χ2v) is 6.59. The van der Waals surface area contributed by atoms with Crippen LogP contribution < -0.4 is 5.32 Å². The van der Waals surface area contributed by atoms with Gasteiger partial charge in [-0.1, -0.05) is 19.3 Å². The summed E-state index contributed by atoms with van der Waals surface area (Å²) in [5.74, 6) is 0.0723. The first kappa shape index (κ1) is 22.1. The zero-order chi connectivity index (χ0) is 16.2. The highest BCUT2D eigenvalue weighted by atomic mass is 35.5. The average Bonchev–Trinajstić information content (AvgIpc) is 2.58. The Hall–Kier alpha value is -0.950. The number of non-ortho nitro benzene ring substituents is 1. The number of halogens is 3. The topological polar surface area (TPSA) is 58.4 Å². The number of hydrogen-bond donors (Lipinski definition) is 1. The van der Waals surface area contributed by atoms with Crippen LogP contribution in [0.3, 0.4) is 0 Å². The van der Waals surface area contributed by atoms with Gasteiger partial charge in [-0.3, -0.25) is 15.0 Å². The predicted octanol–water partition coefficient (Wildman–Crippen LogP) is 4.10. The Morgan fingerprint density at radius 1 is 1.16 bits per heavy atom. The lowest BCUT2D eigenvalue weighted by atomic mass is 9.80. The van der Waals surface area contributed by atoms with E-state index in [0.717, 1.165) is 39.0 Å². The van der Waals surface area contributed by atoms with Gasteiger partial charge >= 0.3 is 0 Å². The van der Waals surface area contributed by atoms with Crippen LogP contribution in [0.4, 0.5) is 10.1 Å². The summed E-state index contributed by atoms with van der Waals surface area (Å²) >= 11 is 0. The molecule has 1 saturated heterocycles. The minimum absolute atomic E-state index is 0. The molecule has 0 amide bonds. The molecule has 2 aliphatic rings. The fourth-order valence-corrected chi connectivity index (χ4v) is 4.03. The number of piperazine rings is 1. The van der Waals surface area contributed by atoms with E-state index in [2.05, 4.69) is 10.2 Å². The van der Waals surface area contributed by atoms with Gasteiger partial charge in [-0.05, 0) is 24.8 Å². The number of nitro benzene ring substituents is 1. The molecule has 0 spiro atoms. The minimum Gasteiger partial charge on any atom is -0.314 e. The smallest absolute Gasteiger partial charge is 0.269 e. The standard InChI is InChI=1S/C17H24FN3O2.2ClH/c18-16-7-6-14(21(22)23)12-15(16)17(13-4-2-1-3-5-13)20-10-8-19-9-11-20;;/h6-7,12-13,17,19H,1-5,8-11H2;2*1H/t17-;;/m0../s1. The first-order chi connectivity index (χ1) is 11.2. The van der Waals surface area contributed by atoms with Crippen LogP contribution in [-0.2, 0) is 0 Å². The van der Waals surface area contributed by atoms with Crippen molar-refractivity contribution in [2.45, 2.75) is 38.1 Å². The molecule has 0 bridgehead atoms. The highest BCUT2D eigenvalue weighted by Crippen LogP contribution is 2.40. The van der Waals surface area contributed by atoms with E-state index in [1.54, 1.807) is 0 Å². The van der Waals surface area contributed by atoms with Gasteiger partial charge in [-0.15, -0.1) is 24.8 Å². The Balaban J connectivity index is 0.00000156. The fraction of sp³-hybridized carbons (Fsp3) is 0.647. The number of benzene rings is 1. The molecule has 142 valence electrons. The lowest BCUT2D eigenvalue weighted by Crippen LogP contribution is -2.47. The van der Waals surface area contributed by atoms with Crippen LogP contribution in [0.2, 0.25) is 0 Å². The van der Waals surface area contributed by atoms with Crippen molar-refractivity contribution in [3.8, 4) is 0 Å². The first-order valence-corrected chi connectivity index (χ1v) is 8.55. The quantitative estimate of drug-likeness (QED) is 0.617. The molecule has 1 heterocycles. The van der Waals surface area contributed by atoms with Gasteiger partial charge < -0.3 is 5.32 Å². The molecule has 1 aliphatic heterocycles. The van der Waals surface area contributed by atoms with Crippen molar-refractivity contribution in [2.24, 2.45) is 5.92 Å². The van der Waals surface area contributed by atoms with Crippen LogP contribution in [0.25, 0.3) is 0 Å². The van der Waals surface area contributed by atoms with E-state index in [1.165, 1.54) is 37.5 Å². The maximum atomic E-state index is 14.5. The molecule has 1 aliphatic carbocycles. The Morgan fingerprint density at radius 3 is 2.40 bits per heavy atom. The summed E-state index contributed by atoms with van der Waals surface area (Å²) in [7, 11) is 0. The molecule has 0 aromatic heterocycles. The van der Waals surface area contributed by atoms with Crippen LogP contribution in [-0.4, -0.2) is 36.0 Å². The molecule has 1 atom stereocenters. The number of nitrogens with zero attached hydrogens (tertiary/aromatic N) is 2. The number of nitrogens with one attached hydrogen (secondary N) is 1. The van der Waals surface area contributed by atoms with Gasteiger partial charge in [0.15, 0.2) is 0 Å². The van der Waals surface area contributed by atoms with Gasteiger partial charge in [0.05, 0.1) is 4.92 Å². The third kappa shape index (κ3) is 5.26. The monoisotopic (exact) mass is 393 g/mol. The number of hydrogen-bond acceptors (Lipinski definition) is 4. The van der Waals surface area contributed by atoms with Crippen molar-refractivity contribution in [3.05, 3.63) is 39.7 Å². The highest BCUT2D eigenvalue weighted by molar-refractivity contribution is 5.85. The summed E-state index contributed by atoms with van der Waals surface area (Å²) in [6.45, 7) is 3.51. The highest BCUT2D eigenvalue weighted by Gasteiger charge is 2.33. The Bertz CT molecular complexity index is 547. The minimum atomic E-state index is -0.432. The lowest BCUT2D eigenvalue weighted by Gasteiger charge is -2.41. The second-order valence-electron chi connectivity index (χ2n) is 6.59. The van der Waals surface area contributed by atoms with Gasteiger partial charge in [-0.2, -0.15) is 0 Å². The Labute approximate surface area is 160 Å². The van der Waals surface area contributed by atoms with E-state index in [-0.39, 0.29) is 42.4 Å². The zero-order valence-corrected chi connectivity index (χ0v) is 15.8. The van der Waals surface area contributed by atoms with Crippen molar-refractivity contribution in [1.82, 2.24) is 10.2 Å². The lowest BCUT2D eigenvalue weighted by molar-refractivity contribution is -0.385. The molecule has 0 radical (unpaired) electrons. The van der Waals surface area contributed by atoms with Crippen LogP contribution in [0, 0.1) is 21.8 Å². The third-order valence-corrected chi connectivity index (χ3v) is 5.15. The maximum Gasteiger partial charge on any atom is 0.269 e. The molecule has 5 nitrogen and oxygen atoms in total. The zero-order valence-electron chi connectivity index (χ0n) is 14.2. The van der Waals surface area contributed by atoms with Gasteiger partial charge in [0, 0.05) is 49.9 Å². The van der Waals surface area contributed by atoms with Crippen LogP contribution in [0.1, 0.15) is 43.7 Å². The fourth-order valence-electron chi connectivity index (χ4n) is 4.03. The van der Waals surface area contributed by atoms with Crippen LogP contribution in [0.5, 0.6) is 0 Å². The Kier molecular flexibility index (Phi) is 9.07. The predicted molar refractivity (Wildman–Crippen MR) is 101 cm³/mol. The summed E-state index contributed by atoms with van der Waals surface area (Å²) in [6, 6.07) is 3.92. The van der Waals surface area contributed by atoms with Crippen molar-refractivity contribution < 1.29 is 9.31 Å². The summed E-state index contributed by atoms with van der Waals surface area (Å²) in [5.41, 5.74) is 0.491. The number of nitro groups is 1. The van der Waals surface area contributed by atoms with Gasteiger partial charge in [0.25, 0.3) is 5.69 Å². The van der Waals surface area contributed by atoms with E-state index in [9.17, 15) is 14.5 Å². The van der Waals surface area contributed by atoms with Crippen molar-refractivity contribution in [3.63, 3.8) is 0 Å². The van der Waals surface area contributed by atoms with Crippen molar-refractivity contribution in [1.29, 1.82) is 0 Å². The molecule has 8 heteroatoms. The largest absolute Gasteiger partial charge is 0.314 e. The summed E-state index contributed by atoms with van der Waals surface area (Å²) in [5, 5.41) is 14.4. The molecule has 2 fully saturated rings. The molecule has 1 saturated carbocycles. The molecule has 1 aromatic rings. The van der Waals surface area contributed by atoms with Crippen molar-refractivity contribution >= 4 is 30.5 Å². The van der Waals surface area contributed by atoms with Gasteiger partial charge in [-0.25, -0.2) is 4.39 Å². The average molecular weight is 394 g/mol. The van der Waals surface area contributed by atoms with Crippen molar-refractivity contribution in [2.75, 3.05) is 26.2 Å².